The molecule has 0 spiro atoms. The Kier molecular flexibility index (Phi) is 8.09. The van der Waals surface area contributed by atoms with Crippen molar-refractivity contribution in [3.63, 3.8) is 0 Å². The molecule has 3 rings (SSSR count). The molecule has 0 aliphatic heterocycles. The van der Waals surface area contributed by atoms with Gasteiger partial charge in [-0.2, -0.15) is 0 Å². The molecule has 4 nitrogen and oxygen atoms in total. The molecular formula is C28H31NO3. The Morgan fingerprint density at radius 3 is 1.66 bits per heavy atom. The smallest absolute Gasteiger partial charge is 0.159 e. The van der Waals surface area contributed by atoms with Gasteiger partial charge in [0.15, 0.2) is 11.6 Å². The quantitative estimate of drug-likeness (QED) is 0.397. The summed E-state index contributed by atoms with van der Waals surface area (Å²) in [6, 6.07) is 25.8. The van der Waals surface area contributed by atoms with E-state index in [9.17, 15) is 9.59 Å². The maximum absolute atomic E-state index is 11.8. The molecule has 0 saturated heterocycles. The number of benzene rings is 3. The van der Waals surface area contributed by atoms with Crippen LogP contribution in [0.25, 0.3) is 0 Å². The lowest BCUT2D eigenvalue weighted by atomic mass is 9.83. The van der Waals surface area contributed by atoms with Crippen LogP contribution in [0.3, 0.4) is 0 Å². The summed E-state index contributed by atoms with van der Waals surface area (Å²) >= 11 is 0. The Hall–Kier alpha value is -3.08. The van der Waals surface area contributed by atoms with Crippen LogP contribution in [0.1, 0.15) is 63.3 Å². The monoisotopic (exact) mass is 429 g/mol. The Bertz CT molecular complexity index is 1020. The largest absolute Gasteiger partial charge is 0.371 e. The summed E-state index contributed by atoms with van der Waals surface area (Å²) in [6.07, 6.45) is -0.249. The lowest BCUT2D eigenvalue weighted by Crippen LogP contribution is -2.23. The SMILES string of the molecule is CC(=O)c1ccc(C(OCCN(C)C)C(c2ccccc2)c2ccc(C(C)=O)cc2)cc1. The minimum atomic E-state index is -0.249. The van der Waals surface area contributed by atoms with Crippen LogP contribution in [0, 0.1) is 0 Å². The van der Waals surface area contributed by atoms with E-state index in [0.29, 0.717) is 17.7 Å². The van der Waals surface area contributed by atoms with Crippen molar-refractivity contribution in [3.05, 3.63) is 107 Å². The maximum atomic E-state index is 11.8. The van der Waals surface area contributed by atoms with Crippen LogP contribution in [0.2, 0.25) is 0 Å². The Morgan fingerprint density at radius 1 is 0.719 bits per heavy atom. The van der Waals surface area contributed by atoms with Crippen LogP contribution in [0.4, 0.5) is 0 Å². The van der Waals surface area contributed by atoms with E-state index >= 15 is 0 Å². The second-order valence-corrected chi connectivity index (χ2v) is 8.34. The molecule has 0 fully saturated rings. The fourth-order valence-electron chi connectivity index (χ4n) is 3.78. The van der Waals surface area contributed by atoms with Crippen molar-refractivity contribution in [2.75, 3.05) is 27.2 Å². The number of ketones is 2. The van der Waals surface area contributed by atoms with Crippen molar-refractivity contribution in [2.24, 2.45) is 0 Å². The number of hydrogen-bond acceptors (Lipinski definition) is 4. The highest BCUT2D eigenvalue weighted by Crippen LogP contribution is 2.39. The molecule has 3 aromatic rings. The molecule has 0 aromatic heterocycles. The zero-order valence-electron chi connectivity index (χ0n) is 19.2. The third-order valence-corrected chi connectivity index (χ3v) is 5.62. The summed E-state index contributed by atoms with van der Waals surface area (Å²) in [5, 5.41) is 0. The Labute approximate surface area is 190 Å². The molecule has 0 saturated carbocycles. The number of rotatable bonds is 10. The van der Waals surface area contributed by atoms with E-state index in [0.717, 1.165) is 23.2 Å². The summed E-state index contributed by atoms with van der Waals surface area (Å²) in [6.45, 7) is 4.52. The number of ether oxygens (including phenoxy) is 1. The second-order valence-electron chi connectivity index (χ2n) is 8.34. The molecule has 32 heavy (non-hydrogen) atoms. The number of nitrogens with zero attached hydrogens (tertiary/aromatic N) is 1. The van der Waals surface area contributed by atoms with Gasteiger partial charge >= 0.3 is 0 Å². The highest BCUT2D eigenvalue weighted by atomic mass is 16.5. The lowest BCUT2D eigenvalue weighted by Gasteiger charge is -2.29. The van der Waals surface area contributed by atoms with Gasteiger partial charge in [-0.1, -0.05) is 78.9 Å². The summed E-state index contributed by atoms with van der Waals surface area (Å²) in [7, 11) is 4.05. The van der Waals surface area contributed by atoms with Crippen molar-refractivity contribution in [1.82, 2.24) is 4.90 Å². The van der Waals surface area contributed by atoms with Crippen molar-refractivity contribution in [2.45, 2.75) is 25.9 Å². The van der Waals surface area contributed by atoms with Crippen molar-refractivity contribution in [1.29, 1.82) is 0 Å². The normalized spacial score (nSPS) is 13.0. The van der Waals surface area contributed by atoms with Gasteiger partial charge in [0.25, 0.3) is 0 Å². The second kappa shape index (κ2) is 11.0. The minimum absolute atomic E-state index is 0.0426. The maximum Gasteiger partial charge on any atom is 0.159 e. The van der Waals surface area contributed by atoms with Gasteiger partial charge in [-0.3, -0.25) is 9.59 Å². The lowest BCUT2D eigenvalue weighted by molar-refractivity contribution is 0.0328. The van der Waals surface area contributed by atoms with Crippen LogP contribution in [0.5, 0.6) is 0 Å². The van der Waals surface area contributed by atoms with Crippen molar-refractivity contribution >= 4 is 11.6 Å². The molecular weight excluding hydrogens is 398 g/mol. The molecule has 2 atom stereocenters. The molecule has 0 radical (unpaired) electrons. The highest BCUT2D eigenvalue weighted by Gasteiger charge is 2.28. The molecule has 166 valence electrons. The Balaban J connectivity index is 2.07. The third kappa shape index (κ3) is 6.00. The molecule has 3 aromatic carbocycles. The minimum Gasteiger partial charge on any atom is -0.371 e. The number of Topliss-reactive ketones (excluding diaryl/α,β-unsaturated/α-hetero) is 2. The van der Waals surface area contributed by atoms with Gasteiger partial charge in [0, 0.05) is 23.6 Å². The van der Waals surface area contributed by atoms with E-state index in [2.05, 4.69) is 17.0 Å². The van der Waals surface area contributed by atoms with Crippen LogP contribution < -0.4 is 0 Å². The molecule has 2 unspecified atom stereocenters. The number of hydrogen-bond donors (Lipinski definition) is 0. The van der Waals surface area contributed by atoms with E-state index in [1.165, 1.54) is 0 Å². The van der Waals surface area contributed by atoms with E-state index < -0.39 is 0 Å². The van der Waals surface area contributed by atoms with Gasteiger partial charge in [-0.05, 0) is 44.6 Å². The van der Waals surface area contributed by atoms with Crippen LogP contribution in [0.15, 0.2) is 78.9 Å². The summed E-state index contributed by atoms with van der Waals surface area (Å²) in [4.78, 5) is 25.7. The van der Waals surface area contributed by atoms with Gasteiger partial charge in [-0.15, -0.1) is 0 Å². The van der Waals surface area contributed by atoms with E-state index in [-0.39, 0.29) is 23.6 Å². The summed E-state index contributed by atoms with van der Waals surface area (Å²) < 4.78 is 6.49. The van der Waals surface area contributed by atoms with E-state index in [4.69, 9.17) is 4.74 Å². The molecule has 0 heterocycles. The Morgan fingerprint density at radius 2 is 1.19 bits per heavy atom. The predicted octanol–water partition coefficient (Wildman–Crippen LogP) is 5.54. The highest BCUT2D eigenvalue weighted by molar-refractivity contribution is 5.94. The first-order valence-electron chi connectivity index (χ1n) is 10.9. The molecule has 0 aliphatic rings. The van der Waals surface area contributed by atoms with Gasteiger partial charge in [-0.25, -0.2) is 0 Å². The van der Waals surface area contributed by atoms with E-state index in [1.54, 1.807) is 13.8 Å². The molecule has 0 aliphatic carbocycles. The predicted molar refractivity (Wildman–Crippen MR) is 128 cm³/mol. The molecule has 0 amide bonds. The summed E-state index contributed by atoms with van der Waals surface area (Å²) in [5.74, 6) is 0.0232. The number of carbonyl (C=O) groups is 2. The fraction of sp³-hybridized carbons (Fsp3) is 0.286. The first-order valence-corrected chi connectivity index (χ1v) is 10.9. The van der Waals surface area contributed by atoms with Gasteiger partial charge in [0.1, 0.15) is 0 Å². The number of likely N-dealkylation sites (N-methyl/N-ethyl adjacent to an activating group) is 1. The van der Waals surface area contributed by atoms with E-state index in [1.807, 2.05) is 80.8 Å². The standard InChI is InChI=1S/C28H31NO3/c1-20(30)22-10-14-25(15-11-22)27(24-8-6-5-7-9-24)28(32-19-18-29(3)4)26-16-12-23(13-17-26)21(2)31/h5-17,27-28H,18-19H2,1-4H3. The summed E-state index contributed by atoms with van der Waals surface area (Å²) in [5.41, 5.74) is 4.60. The van der Waals surface area contributed by atoms with Crippen LogP contribution >= 0.6 is 0 Å². The first kappa shape index (κ1) is 23.6. The fourth-order valence-corrected chi connectivity index (χ4v) is 3.78. The molecule has 0 N–H and O–H groups in total. The van der Waals surface area contributed by atoms with Crippen molar-refractivity contribution in [3.8, 4) is 0 Å². The van der Waals surface area contributed by atoms with Crippen molar-refractivity contribution < 1.29 is 14.3 Å². The average Bonchev–Trinajstić information content (AvgIpc) is 2.79. The number of carbonyl (C=O) groups excluding carboxylic acids is 2. The van der Waals surface area contributed by atoms with Crippen LogP contribution in [-0.2, 0) is 4.74 Å². The average molecular weight is 430 g/mol. The molecule has 0 bridgehead atoms. The zero-order valence-corrected chi connectivity index (χ0v) is 19.2. The van der Waals surface area contributed by atoms with Gasteiger partial charge in [0.2, 0.25) is 0 Å². The zero-order chi connectivity index (χ0) is 23.1. The third-order valence-electron chi connectivity index (χ3n) is 5.62. The first-order chi connectivity index (χ1) is 15.4. The van der Waals surface area contributed by atoms with Gasteiger partial charge < -0.3 is 9.64 Å². The van der Waals surface area contributed by atoms with Crippen LogP contribution in [-0.4, -0.2) is 43.7 Å². The molecule has 4 heteroatoms. The van der Waals surface area contributed by atoms with Gasteiger partial charge in [0.05, 0.1) is 12.7 Å². The topological polar surface area (TPSA) is 46.6 Å².